The number of nitrogens with zero attached hydrogens (tertiary/aromatic N) is 1. The lowest BCUT2D eigenvalue weighted by molar-refractivity contribution is 0.435. The lowest BCUT2D eigenvalue weighted by Gasteiger charge is -2.18. The first-order valence-electron chi connectivity index (χ1n) is 4.39. The highest BCUT2D eigenvalue weighted by Crippen LogP contribution is 1.96. The standard InChI is InChI=1S/C7H17BrN2O2S/c1-3-10(4-2)13(11,12)9-7-5-6-8/h9H,3-7H2,1-2H3. The molecule has 0 unspecified atom stereocenters. The number of halogens is 1. The molecule has 0 spiro atoms. The molecule has 6 heteroatoms. The molecule has 0 heterocycles. The lowest BCUT2D eigenvalue weighted by atomic mass is 10.5. The summed E-state index contributed by atoms with van der Waals surface area (Å²) in [7, 11) is -3.23. The van der Waals surface area contributed by atoms with Crippen molar-refractivity contribution in [3.05, 3.63) is 0 Å². The number of hydrogen-bond donors (Lipinski definition) is 1. The fraction of sp³-hybridized carbons (Fsp3) is 1.00. The zero-order valence-electron chi connectivity index (χ0n) is 8.09. The molecule has 0 atom stereocenters. The van der Waals surface area contributed by atoms with Gasteiger partial charge in [0.1, 0.15) is 0 Å². The van der Waals surface area contributed by atoms with Crippen LogP contribution in [0.2, 0.25) is 0 Å². The van der Waals surface area contributed by atoms with E-state index in [4.69, 9.17) is 0 Å². The molecule has 0 aliphatic heterocycles. The van der Waals surface area contributed by atoms with Gasteiger partial charge in [-0.3, -0.25) is 0 Å². The summed E-state index contributed by atoms with van der Waals surface area (Å²) in [5.74, 6) is 0. The van der Waals surface area contributed by atoms with Crippen molar-refractivity contribution in [2.45, 2.75) is 20.3 Å². The zero-order chi connectivity index (χ0) is 10.3. The van der Waals surface area contributed by atoms with E-state index in [9.17, 15) is 8.42 Å². The van der Waals surface area contributed by atoms with Gasteiger partial charge in [0.2, 0.25) is 0 Å². The molecule has 0 rings (SSSR count). The van der Waals surface area contributed by atoms with E-state index in [1.807, 2.05) is 13.8 Å². The molecule has 0 aromatic rings. The van der Waals surface area contributed by atoms with Crippen LogP contribution < -0.4 is 4.72 Å². The molecule has 0 saturated carbocycles. The van der Waals surface area contributed by atoms with Crippen molar-refractivity contribution in [3.63, 3.8) is 0 Å². The van der Waals surface area contributed by atoms with Gasteiger partial charge in [-0.05, 0) is 6.42 Å². The highest BCUT2D eigenvalue weighted by Gasteiger charge is 2.16. The molecule has 13 heavy (non-hydrogen) atoms. The van der Waals surface area contributed by atoms with Crippen molar-refractivity contribution in [2.24, 2.45) is 0 Å². The van der Waals surface area contributed by atoms with Crippen molar-refractivity contribution in [1.82, 2.24) is 9.03 Å². The van der Waals surface area contributed by atoms with Crippen LogP contribution in [0.4, 0.5) is 0 Å². The van der Waals surface area contributed by atoms with Gasteiger partial charge in [0, 0.05) is 25.0 Å². The first-order chi connectivity index (χ1) is 6.08. The van der Waals surface area contributed by atoms with Gasteiger partial charge in [-0.2, -0.15) is 12.7 Å². The minimum atomic E-state index is -3.23. The molecule has 0 amide bonds. The van der Waals surface area contributed by atoms with Gasteiger partial charge in [0.25, 0.3) is 10.2 Å². The number of alkyl halides is 1. The summed E-state index contributed by atoms with van der Waals surface area (Å²) in [5.41, 5.74) is 0. The van der Waals surface area contributed by atoms with Gasteiger partial charge in [-0.1, -0.05) is 29.8 Å². The third-order valence-electron chi connectivity index (χ3n) is 1.64. The van der Waals surface area contributed by atoms with Gasteiger partial charge in [-0.25, -0.2) is 4.72 Å². The minimum Gasteiger partial charge on any atom is -0.202 e. The second-order valence-corrected chi connectivity index (χ2v) is 5.07. The van der Waals surface area contributed by atoms with Crippen LogP contribution in [0.1, 0.15) is 20.3 Å². The third-order valence-corrected chi connectivity index (χ3v) is 3.97. The van der Waals surface area contributed by atoms with Crippen molar-refractivity contribution in [1.29, 1.82) is 0 Å². The Hall–Kier alpha value is 0.350. The molecule has 0 aliphatic carbocycles. The highest BCUT2D eigenvalue weighted by molar-refractivity contribution is 9.09. The van der Waals surface area contributed by atoms with Crippen molar-refractivity contribution in [3.8, 4) is 0 Å². The highest BCUT2D eigenvalue weighted by atomic mass is 79.9. The van der Waals surface area contributed by atoms with E-state index >= 15 is 0 Å². The first kappa shape index (κ1) is 13.4. The van der Waals surface area contributed by atoms with Crippen LogP contribution >= 0.6 is 15.9 Å². The van der Waals surface area contributed by atoms with Crippen molar-refractivity contribution in [2.75, 3.05) is 25.0 Å². The van der Waals surface area contributed by atoms with Gasteiger partial charge >= 0.3 is 0 Å². The van der Waals surface area contributed by atoms with Gasteiger partial charge < -0.3 is 0 Å². The Morgan fingerprint density at radius 2 is 1.85 bits per heavy atom. The topological polar surface area (TPSA) is 49.4 Å². The van der Waals surface area contributed by atoms with Crippen LogP contribution in [0.5, 0.6) is 0 Å². The van der Waals surface area contributed by atoms with E-state index in [1.165, 1.54) is 4.31 Å². The van der Waals surface area contributed by atoms with E-state index in [2.05, 4.69) is 20.7 Å². The largest absolute Gasteiger partial charge is 0.279 e. The van der Waals surface area contributed by atoms with E-state index in [0.717, 1.165) is 11.8 Å². The summed E-state index contributed by atoms with van der Waals surface area (Å²) in [6.07, 6.45) is 0.806. The molecule has 4 nitrogen and oxygen atoms in total. The Morgan fingerprint density at radius 3 is 2.23 bits per heavy atom. The minimum absolute atomic E-state index is 0.490. The van der Waals surface area contributed by atoms with Crippen molar-refractivity contribution < 1.29 is 8.42 Å². The van der Waals surface area contributed by atoms with Crippen LogP contribution in [0.15, 0.2) is 0 Å². The number of rotatable bonds is 7. The van der Waals surface area contributed by atoms with Crippen LogP contribution in [-0.2, 0) is 10.2 Å². The number of hydrogen-bond acceptors (Lipinski definition) is 2. The second kappa shape index (κ2) is 6.75. The molecule has 0 aromatic heterocycles. The van der Waals surface area contributed by atoms with E-state index in [0.29, 0.717) is 19.6 Å². The average molecular weight is 273 g/mol. The Labute approximate surface area is 89.0 Å². The molecule has 0 bridgehead atoms. The van der Waals surface area contributed by atoms with Crippen LogP contribution in [0.25, 0.3) is 0 Å². The van der Waals surface area contributed by atoms with E-state index in [-0.39, 0.29) is 0 Å². The zero-order valence-corrected chi connectivity index (χ0v) is 10.5. The van der Waals surface area contributed by atoms with Gasteiger partial charge in [0.05, 0.1) is 0 Å². The Kier molecular flexibility index (Phi) is 6.93. The molecule has 0 aromatic carbocycles. The average Bonchev–Trinajstić information content (AvgIpc) is 2.06. The maximum absolute atomic E-state index is 11.5. The predicted molar refractivity (Wildman–Crippen MR) is 58.3 cm³/mol. The second-order valence-electron chi connectivity index (χ2n) is 2.53. The van der Waals surface area contributed by atoms with Crippen LogP contribution in [0, 0.1) is 0 Å². The molecule has 1 N–H and O–H groups in total. The van der Waals surface area contributed by atoms with E-state index < -0.39 is 10.2 Å². The lowest BCUT2D eigenvalue weighted by Crippen LogP contribution is -2.40. The van der Waals surface area contributed by atoms with Gasteiger partial charge in [0.15, 0.2) is 0 Å². The maximum Gasteiger partial charge on any atom is 0.279 e. The molecular formula is C7H17BrN2O2S. The Morgan fingerprint density at radius 1 is 1.31 bits per heavy atom. The Balaban J connectivity index is 4.05. The van der Waals surface area contributed by atoms with Crippen LogP contribution in [0.3, 0.4) is 0 Å². The molecule has 0 aliphatic rings. The summed E-state index contributed by atoms with van der Waals surface area (Å²) >= 11 is 3.24. The van der Waals surface area contributed by atoms with Gasteiger partial charge in [-0.15, -0.1) is 0 Å². The quantitative estimate of drug-likeness (QED) is 0.554. The fourth-order valence-electron chi connectivity index (χ4n) is 0.923. The fourth-order valence-corrected chi connectivity index (χ4v) is 2.47. The molecule has 0 fully saturated rings. The summed E-state index contributed by atoms with van der Waals surface area (Å²) in [6, 6.07) is 0. The summed E-state index contributed by atoms with van der Waals surface area (Å²) in [4.78, 5) is 0. The normalized spacial score (nSPS) is 12.3. The summed E-state index contributed by atoms with van der Waals surface area (Å²) in [6.45, 7) is 5.17. The SMILES string of the molecule is CCN(CC)S(=O)(=O)NCCCBr. The van der Waals surface area contributed by atoms with Crippen LogP contribution in [-0.4, -0.2) is 37.7 Å². The molecule has 80 valence electrons. The van der Waals surface area contributed by atoms with Crippen molar-refractivity contribution >= 4 is 26.1 Å². The smallest absolute Gasteiger partial charge is 0.202 e. The predicted octanol–water partition coefficient (Wildman–Crippen LogP) is 0.948. The van der Waals surface area contributed by atoms with E-state index in [1.54, 1.807) is 0 Å². The third kappa shape index (κ3) is 4.95. The first-order valence-corrected chi connectivity index (χ1v) is 6.95. The molecular weight excluding hydrogens is 256 g/mol. The monoisotopic (exact) mass is 272 g/mol. The molecule has 0 radical (unpaired) electrons. The summed E-state index contributed by atoms with van der Waals surface area (Å²) < 4.78 is 26.9. The Bertz CT molecular complexity index is 215. The number of nitrogens with one attached hydrogen (secondary N) is 1. The molecule has 0 saturated heterocycles. The maximum atomic E-state index is 11.5. The summed E-state index contributed by atoms with van der Waals surface area (Å²) in [5, 5.41) is 0.813.